The first kappa shape index (κ1) is 23.0. The summed E-state index contributed by atoms with van der Waals surface area (Å²) in [6.07, 6.45) is 1.77. The second kappa shape index (κ2) is 9.63. The van der Waals surface area contributed by atoms with E-state index in [1.54, 1.807) is 19.1 Å². The van der Waals surface area contributed by atoms with E-state index in [2.05, 4.69) is 10.1 Å². The monoisotopic (exact) mass is 440 g/mol. The highest BCUT2D eigenvalue weighted by atomic mass is 16.2. The average Bonchev–Trinajstić information content (AvgIpc) is 2.76. The predicted molar refractivity (Wildman–Crippen MR) is 124 cm³/mol. The number of nitrogens with two attached hydrogens (primary N) is 1. The molecule has 10 heteroatoms. The molecule has 2 heterocycles. The number of carbonyl (C=O) groups is 2. The van der Waals surface area contributed by atoms with E-state index in [4.69, 9.17) is 5.73 Å². The van der Waals surface area contributed by atoms with Crippen LogP contribution >= 0.6 is 0 Å². The zero-order valence-electron chi connectivity index (χ0n) is 18.6. The zero-order chi connectivity index (χ0) is 23.4. The molecule has 2 amide bonds. The predicted octanol–water partition coefficient (Wildman–Crippen LogP) is 1.76. The minimum Gasteiger partial charge on any atom is -0.383 e. The number of nitrogen functional groups attached to an aromatic ring is 1. The Labute approximate surface area is 185 Å². The number of hydrogen-bond acceptors (Lipinski definition) is 6. The van der Waals surface area contributed by atoms with Crippen molar-refractivity contribution in [3.05, 3.63) is 50.7 Å². The summed E-state index contributed by atoms with van der Waals surface area (Å²) in [5.74, 6) is -0.818. The van der Waals surface area contributed by atoms with Gasteiger partial charge in [0.1, 0.15) is 11.5 Å². The van der Waals surface area contributed by atoms with Crippen molar-refractivity contribution in [2.45, 2.75) is 53.0 Å². The summed E-state index contributed by atoms with van der Waals surface area (Å²) < 4.78 is 1.27. The third kappa shape index (κ3) is 4.48. The van der Waals surface area contributed by atoms with Crippen LogP contribution in [-0.4, -0.2) is 33.6 Å². The van der Waals surface area contributed by atoms with Crippen molar-refractivity contribution in [3.63, 3.8) is 0 Å². The molecule has 170 valence electrons. The van der Waals surface area contributed by atoms with Crippen LogP contribution in [0.1, 0.15) is 45.1 Å². The fourth-order valence-corrected chi connectivity index (χ4v) is 3.60. The normalized spacial score (nSPS) is 13.8. The summed E-state index contributed by atoms with van der Waals surface area (Å²) in [7, 11) is 0. The molecule has 0 radical (unpaired) electrons. The number of aryl methyl sites for hydroxylation is 1. The van der Waals surface area contributed by atoms with Gasteiger partial charge in [0.05, 0.1) is 5.69 Å². The van der Waals surface area contributed by atoms with Crippen LogP contribution in [0.25, 0.3) is 0 Å². The molecule has 1 aromatic heterocycles. The average molecular weight is 441 g/mol. The van der Waals surface area contributed by atoms with E-state index in [1.165, 1.54) is 14.5 Å². The summed E-state index contributed by atoms with van der Waals surface area (Å²) in [6.45, 7) is 6.03. The number of hydrazone groups is 1. The molecule has 0 saturated heterocycles. The Balaban J connectivity index is 2.02. The number of carbonyl (C=O) groups excluding carboxylic acids is 2. The van der Waals surface area contributed by atoms with Gasteiger partial charge >= 0.3 is 5.69 Å². The minimum absolute atomic E-state index is 0.0644. The molecule has 0 aliphatic carbocycles. The first-order chi connectivity index (χ1) is 15.3. The molecule has 0 saturated carbocycles. The number of nitrogens with one attached hydrogen (secondary N) is 1. The molecule has 32 heavy (non-hydrogen) atoms. The molecule has 0 bridgehead atoms. The van der Waals surface area contributed by atoms with E-state index in [0.29, 0.717) is 18.7 Å². The fourth-order valence-electron chi connectivity index (χ4n) is 3.60. The highest BCUT2D eigenvalue weighted by Gasteiger charge is 2.31. The van der Waals surface area contributed by atoms with Crippen LogP contribution in [0, 0.1) is 6.92 Å². The van der Waals surface area contributed by atoms with Crippen molar-refractivity contribution in [2.75, 3.05) is 22.2 Å². The van der Waals surface area contributed by atoms with Crippen molar-refractivity contribution in [1.82, 2.24) is 9.55 Å². The Bertz CT molecular complexity index is 1180. The summed E-state index contributed by atoms with van der Waals surface area (Å²) >= 11 is 0. The van der Waals surface area contributed by atoms with Crippen molar-refractivity contribution in [2.24, 2.45) is 5.10 Å². The van der Waals surface area contributed by atoms with Gasteiger partial charge in [0.15, 0.2) is 5.69 Å². The Hall–Kier alpha value is -3.69. The SMILES string of the molecule is CCCCn1c(N)c(N(CC)C(=O)C2=NN(c3cccc(C)c3)C(=O)CC2)c(=O)[nH]c1=O. The molecule has 0 unspecified atom stereocenters. The Kier molecular flexibility index (Phi) is 6.92. The summed E-state index contributed by atoms with van der Waals surface area (Å²) in [5.41, 5.74) is 6.39. The van der Waals surface area contributed by atoms with Crippen molar-refractivity contribution in [3.8, 4) is 0 Å². The lowest BCUT2D eigenvalue weighted by molar-refractivity contribution is -0.118. The minimum atomic E-state index is -0.738. The van der Waals surface area contributed by atoms with Gasteiger partial charge in [0.25, 0.3) is 11.5 Å². The lowest BCUT2D eigenvalue weighted by atomic mass is 10.1. The highest BCUT2D eigenvalue weighted by molar-refractivity contribution is 6.45. The number of nitrogens with zero attached hydrogens (tertiary/aromatic N) is 4. The van der Waals surface area contributed by atoms with Crippen LogP contribution < -0.4 is 26.9 Å². The number of benzene rings is 1. The van der Waals surface area contributed by atoms with Gasteiger partial charge in [-0.15, -0.1) is 0 Å². The number of rotatable bonds is 7. The van der Waals surface area contributed by atoms with Gasteiger partial charge in [-0.25, -0.2) is 9.80 Å². The maximum atomic E-state index is 13.4. The van der Waals surface area contributed by atoms with E-state index >= 15 is 0 Å². The number of aromatic amines is 1. The van der Waals surface area contributed by atoms with Gasteiger partial charge in [0.2, 0.25) is 5.91 Å². The molecular formula is C22H28N6O4. The highest BCUT2D eigenvalue weighted by Crippen LogP contribution is 2.23. The number of hydrogen-bond donors (Lipinski definition) is 2. The molecule has 3 rings (SSSR count). The first-order valence-corrected chi connectivity index (χ1v) is 10.7. The second-order valence-electron chi connectivity index (χ2n) is 7.64. The molecule has 1 aliphatic heterocycles. The molecule has 0 fully saturated rings. The molecule has 10 nitrogen and oxygen atoms in total. The molecular weight excluding hydrogens is 412 g/mol. The van der Waals surface area contributed by atoms with Crippen LogP contribution in [0.4, 0.5) is 17.2 Å². The van der Waals surface area contributed by atoms with Crippen molar-refractivity contribution >= 4 is 34.7 Å². The zero-order valence-corrected chi connectivity index (χ0v) is 18.6. The summed E-state index contributed by atoms with van der Waals surface area (Å²) in [4.78, 5) is 54.1. The molecule has 1 aromatic carbocycles. The summed E-state index contributed by atoms with van der Waals surface area (Å²) in [6, 6.07) is 7.25. The number of H-pyrrole nitrogens is 1. The van der Waals surface area contributed by atoms with Crippen LogP contribution in [0.2, 0.25) is 0 Å². The fraction of sp³-hybridized carbons (Fsp3) is 0.409. The standard InChI is InChI=1S/C22H28N6O4/c1-4-6-12-27-19(23)18(20(30)24-22(27)32)26(5-2)21(31)16-10-11-17(29)28(25-16)15-9-7-8-14(3)13-15/h7-9,13H,4-6,10-12,23H2,1-3H3,(H,24,30,32). The number of amides is 2. The largest absolute Gasteiger partial charge is 0.383 e. The molecule has 0 spiro atoms. The molecule has 2 aromatic rings. The van der Waals surface area contributed by atoms with Gasteiger partial charge in [-0.2, -0.15) is 5.10 Å². The quantitative estimate of drug-likeness (QED) is 0.677. The van der Waals surface area contributed by atoms with Crippen molar-refractivity contribution in [1.29, 1.82) is 0 Å². The Morgan fingerprint density at radius 2 is 1.97 bits per heavy atom. The van der Waals surface area contributed by atoms with E-state index in [-0.39, 0.29) is 42.5 Å². The van der Waals surface area contributed by atoms with Crippen LogP contribution in [0.5, 0.6) is 0 Å². The lowest BCUT2D eigenvalue weighted by Crippen LogP contribution is -2.45. The van der Waals surface area contributed by atoms with Crippen LogP contribution in [-0.2, 0) is 16.1 Å². The van der Waals surface area contributed by atoms with E-state index in [0.717, 1.165) is 12.0 Å². The van der Waals surface area contributed by atoms with Crippen LogP contribution in [0.3, 0.4) is 0 Å². The van der Waals surface area contributed by atoms with Gasteiger partial charge < -0.3 is 5.73 Å². The van der Waals surface area contributed by atoms with Gasteiger partial charge in [-0.1, -0.05) is 25.5 Å². The Morgan fingerprint density at radius 1 is 1.22 bits per heavy atom. The third-order valence-electron chi connectivity index (χ3n) is 5.31. The van der Waals surface area contributed by atoms with Crippen LogP contribution in [0.15, 0.2) is 39.0 Å². The second-order valence-corrected chi connectivity index (χ2v) is 7.64. The van der Waals surface area contributed by atoms with Gasteiger partial charge in [-0.05, 0) is 38.0 Å². The lowest BCUT2D eigenvalue weighted by Gasteiger charge is -2.27. The van der Waals surface area contributed by atoms with E-state index in [1.807, 2.05) is 26.0 Å². The summed E-state index contributed by atoms with van der Waals surface area (Å²) in [5, 5.41) is 5.52. The number of unbranched alkanes of at least 4 members (excludes halogenated alkanes) is 1. The Morgan fingerprint density at radius 3 is 2.62 bits per heavy atom. The maximum absolute atomic E-state index is 13.4. The van der Waals surface area contributed by atoms with Crippen molar-refractivity contribution < 1.29 is 9.59 Å². The van der Waals surface area contributed by atoms with Gasteiger partial charge in [0, 0.05) is 25.9 Å². The maximum Gasteiger partial charge on any atom is 0.330 e. The molecule has 1 aliphatic rings. The van der Waals surface area contributed by atoms with Gasteiger partial charge in [-0.3, -0.25) is 28.8 Å². The topological polar surface area (TPSA) is 134 Å². The molecule has 3 N–H and O–H groups in total. The number of aromatic nitrogens is 2. The molecule has 0 atom stereocenters. The first-order valence-electron chi connectivity index (χ1n) is 10.7. The third-order valence-corrected chi connectivity index (χ3v) is 5.31. The van der Waals surface area contributed by atoms with E-state index in [9.17, 15) is 19.2 Å². The number of anilines is 3. The smallest absolute Gasteiger partial charge is 0.330 e. The van der Waals surface area contributed by atoms with E-state index < -0.39 is 17.2 Å².